The van der Waals surface area contributed by atoms with Gasteiger partial charge in [0.2, 0.25) is 0 Å². The van der Waals surface area contributed by atoms with Gasteiger partial charge in [0.05, 0.1) is 24.3 Å². The summed E-state index contributed by atoms with van der Waals surface area (Å²) in [4.78, 5) is 11.1. The van der Waals surface area contributed by atoms with Crippen LogP contribution in [0.4, 0.5) is 5.82 Å². The van der Waals surface area contributed by atoms with E-state index in [-0.39, 0.29) is 6.10 Å². The van der Waals surface area contributed by atoms with Crippen molar-refractivity contribution < 1.29 is 4.74 Å². The van der Waals surface area contributed by atoms with E-state index in [1.807, 2.05) is 7.05 Å². The van der Waals surface area contributed by atoms with Gasteiger partial charge in [-0.15, -0.1) is 0 Å². The van der Waals surface area contributed by atoms with Crippen LogP contribution in [0.25, 0.3) is 11.0 Å². The molecule has 0 radical (unpaired) electrons. The zero-order valence-electron chi connectivity index (χ0n) is 12.2. The number of anilines is 1. The molecule has 2 saturated heterocycles. The van der Waals surface area contributed by atoms with Crippen molar-refractivity contribution in [3.05, 3.63) is 12.5 Å². The highest BCUT2D eigenvalue weighted by Gasteiger charge is 2.32. The van der Waals surface area contributed by atoms with Crippen molar-refractivity contribution in [1.29, 1.82) is 0 Å². The predicted molar refractivity (Wildman–Crippen MR) is 79.1 cm³/mol. The normalized spacial score (nSPS) is 26.1. The summed E-state index contributed by atoms with van der Waals surface area (Å²) in [6.45, 7) is 3.85. The van der Waals surface area contributed by atoms with Crippen LogP contribution in [0.15, 0.2) is 12.5 Å². The van der Waals surface area contributed by atoms with Crippen LogP contribution in [0.2, 0.25) is 0 Å². The Balaban J connectivity index is 1.44. The molecule has 2 aliphatic rings. The summed E-state index contributed by atoms with van der Waals surface area (Å²) in [5.41, 5.74) is 0.844. The number of hydrogen-bond acceptors (Lipinski definition) is 6. The lowest BCUT2D eigenvalue weighted by Gasteiger charge is -2.35. The number of rotatable bonds is 3. The molecule has 2 unspecified atom stereocenters. The maximum absolute atomic E-state index is 5.96. The van der Waals surface area contributed by atoms with E-state index >= 15 is 0 Å². The Labute approximate surface area is 123 Å². The van der Waals surface area contributed by atoms with Gasteiger partial charge in [0.1, 0.15) is 12.1 Å². The van der Waals surface area contributed by atoms with Gasteiger partial charge < -0.3 is 10.1 Å². The molecule has 2 fully saturated rings. The molecule has 0 spiro atoms. The number of aryl methyl sites for hydroxylation is 1. The summed E-state index contributed by atoms with van der Waals surface area (Å²) in [5, 5.41) is 8.58. The molecule has 1 N–H and O–H groups in total. The molecule has 0 aliphatic carbocycles. The molecule has 2 aromatic rings. The highest BCUT2D eigenvalue weighted by Crippen LogP contribution is 2.23. The summed E-state index contributed by atoms with van der Waals surface area (Å²) >= 11 is 0. The Hall–Kier alpha value is -1.73. The molecular formula is C14H20N6O. The largest absolute Gasteiger partial charge is 0.373 e. The minimum atomic E-state index is 0.223. The van der Waals surface area contributed by atoms with Crippen molar-refractivity contribution in [2.45, 2.75) is 25.0 Å². The van der Waals surface area contributed by atoms with Crippen LogP contribution in [0.5, 0.6) is 0 Å². The molecule has 7 nitrogen and oxygen atoms in total. The average molecular weight is 288 g/mol. The zero-order valence-corrected chi connectivity index (χ0v) is 12.2. The van der Waals surface area contributed by atoms with Gasteiger partial charge in [-0.2, -0.15) is 5.10 Å². The second-order valence-electron chi connectivity index (χ2n) is 5.85. The molecular weight excluding hydrogens is 268 g/mol. The lowest BCUT2D eigenvalue weighted by Crippen LogP contribution is -2.48. The number of hydrogen-bond donors (Lipinski definition) is 1. The highest BCUT2D eigenvalue weighted by atomic mass is 16.5. The molecule has 4 rings (SSSR count). The third kappa shape index (κ3) is 2.36. The number of ether oxygens (including phenoxy) is 1. The number of nitrogens with zero attached hydrogens (tertiary/aromatic N) is 5. The van der Waals surface area contributed by atoms with E-state index in [1.165, 1.54) is 19.4 Å². The SMILES string of the molecule is Cn1ncc2c(NCC3CN4CCCC4CO3)ncnc21. The van der Waals surface area contributed by atoms with Gasteiger partial charge in [-0.25, -0.2) is 9.97 Å². The molecule has 4 heterocycles. The highest BCUT2D eigenvalue weighted by molar-refractivity contribution is 5.85. The third-order valence-electron chi connectivity index (χ3n) is 4.49. The molecule has 2 atom stereocenters. The maximum Gasteiger partial charge on any atom is 0.163 e. The first-order valence-electron chi connectivity index (χ1n) is 7.53. The van der Waals surface area contributed by atoms with Gasteiger partial charge in [0, 0.05) is 26.2 Å². The molecule has 0 bridgehead atoms. The van der Waals surface area contributed by atoms with Crippen LogP contribution in [0, 0.1) is 0 Å². The summed E-state index contributed by atoms with van der Waals surface area (Å²) in [7, 11) is 1.89. The van der Waals surface area contributed by atoms with Crippen molar-refractivity contribution in [3.8, 4) is 0 Å². The van der Waals surface area contributed by atoms with E-state index in [2.05, 4.69) is 25.3 Å². The fourth-order valence-corrected chi connectivity index (χ4v) is 3.32. The summed E-state index contributed by atoms with van der Waals surface area (Å²) in [6, 6.07) is 0.644. The van der Waals surface area contributed by atoms with Gasteiger partial charge in [0.25, 0.3) is 0 Å². The third-order valence-corrected chi connectivity index (χ3v) is 4.49. The fourth-order valence-electron chi connectivity index (χ4n) is 3.32. The van der Waals surface area contributed by atoms with E-state index in [0.717, 1.165) is 36.5 Å². The quantitative estimate of drug-likeness (QED) is 0.894. The van der Waals surface area contributed by atoms with Gasteiger partial charge >= 0.3 is 0 Å². The van der Waals surface area contributed by atoms with Gasteiger partial charge in [-0.05, 0) is 19.4 Å². The molecule has 7 heteroatoms. The lowest BCUT2D eigenvalue weighted by atomic mass is 10.2. The van der Waals surface area contributed by atoms with Crippen molar-refractivity contribution in [2.75, 3.05) is 31.6 Å². The predicted octanol–water partition coefficient (Wildman–Crippen LogP) is 0.638. The molecule has 112 valence electrons. The average Bonchev–Trinajstić information content (AvgIpc) is 3.12. The molecule has 0 saturated carbocycles. The van der Waals surface area contributed by atoms with E-state index in [0.29, 0.717) is 6.04 Å². The second kappa shape index (κ2) is 5.23. The topological polar surface area (TPSA) is 68.1 Å². The second-order valence-corrected chi connectivity index (χ2v) is 5.85. The summed E-state index contributed by atoms with van der Waals surface area (Å²) < 4.78 is 7.72. The minimum Gasteiger partial charge on any atom is -0.373 e. The van der Waals surface area contributed by atoms with Crippen molar-refractivity contribution in [3.63, 3.8) is 0 Å². The molecule has 0 aromatic carbocycles. The lowest BCUT2D eigenvalue weighted by molar-refractivity contribution is -0.0415. The zero-order chi connectivity index (χ0) is 14.2. The van der Waals surface area contributed by atoms with Crippen molar-refractivity contribution in [2.24, 2.45) is 7.05 Å². The minimum absolute atomic E-state index is 0.223. The van der Waals surface area contributed by atoms with Crippen LogP contribution in [-0.4, -0.2) is 63.0 Å². The van der Waals surface area contributed by atoms with Crippen LogP contribution in [0.1, 0.15) is 12.8 Å². The maximum atomic E-state index is 5.96. The van der Waals surface area contributed by atoms with Crippen LogP contribution in [-0.2, 0) is 11.8 Å². The van der Waals surface area contributed by atoms with E-state index in [4.69, 9.17) is 4.74 Å². The summed E-state index contributed by atoms with van der Waals surface area (Å²) in [6.07, 6.45) is 6.18. The monoisotopic (exact) mass is 288 g/mol. The molecule has 0 amide bonds. The smallest absolute Gasteiger partial charge is 0.163 e. The first-order chi connectivity index (χ1) is 10.3. The van der Waals surface area contributed by atoms with E-state index in [9.17, 15) is 0 Å². The molecule has 2 aromatic heterocycles. The number of morpholine rings is 1. The Morgan fingerprint density at radius 3 is 3.33 bits per heavy atom. The molecule has 2 aliphatic heterocycles. The first kappa shape index (κ1) is 13.0. The number of nitrogens with one attached hydrogen (secondary N) is 1. The Kier molecular flexibility index (Phi) is 3.23. The van der Waals surface area contributed by atoms with Crippen LogP contribution in [0.3, 0.4) is 0 Å². The van der Waals surface area contributed by atoms with Crippen molar-refractivity contribution in [1.82, 2.24) is 24.6 Å². The molecule has 21 heavy (non-hydrogen) atoms. The van der Waals surface area contributed by atoms with Crippen LogP contribution >= 0.6 is 0 Å². The fraction of sp³-hybridized carbons (Fsp3) is 0.643. The Morgan fingerprint density at radius 1 is 1.43 bits per heavy atom. The van der Waals surface area contributed by atoms with Crippen LogP contribution < -0.4 is 5.32 Å². The van der Waals surface area contributed by atoms with E-state index in [1.54, 1.807) is 17.2 Å². The number of aromatic nitrogens is 4. The van der Waals surface area contributed by atoms with Gasteiger partial charge in [-0.1, -0.05) is 0 Å². The standard InChI is InChI=1S/C14H20N6O/c1-19-14-12(6-18-19)13(16-9-17-14)15-5-11-7-20-4-2-3-10(20)8-21-11/h6,9-11H,2-5,7-8H2,1H3,(H,15,16,17). The van der Waals surface area contributed by atoms with Gasteiger partial charge in [-0.3, -0.25) is 9.58 Å². The summed E-state index contributed by atoms with van der Waals surface area (Å²) in [5.74, 6) is 0.834. The first-order valence-corrected chi connectivity index (χ1v) is 7.53. The Bertz CT molecular complexity index is 641. The van der Waals surface area contributed by atoms with E-state index < -0.39 is 0 Å². The Morgan fingerprint density at radius 2 is 2.38 bits per heavy atom. The number of fused-ring (bicyclic) bond motifs is 2. The van der Waals surface area contributed by atoms with Gasteiger partial charge in [0.15, 0.2) is 5.65 Å². The van der Waals surface area contributed by atoms with Crippen molar-refractivity contribution >= 4 is 16.9 Å².